The number of rotatable bonds is 2. The van der Waals surface area contributed by atoms with Gasteiger partial charge in [-0.2, -0.15) is 0 Å². The number of nitrogens with two attached hydrogens (primary N) is 1. The first kappa shape index (κ1) is 10.8. The van der Waals surface area contributed by atoms with Crippen LogP contribution in [-0.4, -0.2) is 18.4 Å². The average Bonchev–Trinajstić information content (AvgIpc) is 2.03. The van der Waals surface area contributed by atoms with Crippen LogP contribution in [0.5, 0.6) is 0 Å². The molecule has 2 N–H and O–H groups in total. The molecule has 1 aliphatic rings. The molecule has 78 valence electrons. The Morgan fingerprint density at radius 1 is 1.15 bits per heavy atom. The number of halogens is 4. The van der Waals surface area contributed by atoms with Crippen molar-refractivity contribution >= 4 is 0 Å². The molecule has 1 fully saturated rings. The van der Waals surface area contributed by atoms with Gasteiger partial charge >= 0.3 is 0 Å². The Labute approximate surface area is 74.3 Å². The second kappa shape index (κ2) is 3.82. The minimum absolute atomic E-state index is 0.110. The van der Waals surface area contributed by atoms with Crippen LogP contribution in [0.4, 0.5) is 17.6 Å². The van der Waals surface area contributed by atoms with Crippen LogP contribution < -0.4 is 5.73 Å². The lowest BCUT2D eigenvalue weighted by Gasteiger charge is -2.31. The lowest BCUT2D eigenvalue weighted by Crippen LogP contribution is -2.40. The zero-order chi connectivity index (χ0) is 10.1. The van der Waals surface area contributed by atoms with Gasteiger partial charge in [0.2, 0.25) is 5.92 Å². The maximum absolute atomic E-state index is 12.6. The summed E-state index contributed by atoms with van der Waals surface area (Å²) in [7, 11) is 0. The van der Waals surface area contributed by atoms with Gasteiger partial charge in [-0.05, 0) is 18.8 Å². The summed E-state index contributed by atoms with van der Waals surface area (Å²) in [6, 6.07) is -1.24. The van der Waals surface area contributed by atoms with E-state index in [9.17, 15) is 17.6 Å². The van der Waals surface area contributed by atoms with Gasteiger partial charge in [-0.15, -0.1) is 0 Å². The maximum Gasteiger partial charge on any atom is 0.253 e. The summed E-state index contributed by atoms with van der Waals surface area (Å²) in [6.45, 7) is 0. The molecule has 0 bridgehead atoms. The zero-order valence-electron chi connectivity index (χ0n) is 7.15. The maximum atomic E-state index is 12.6. The summed E-state index contributed by atoms with van der Waals surface area (Å²) in [5.74, 6) is -3.11. The highest BCUT2D eigenvalue weighted by atomic mass is 19.3. The largest absolute Gasteiger partial charge is 0.323 e. The Morgan fingerprint density at radius 3 is 2.00 bits per heavy atom. The molecule has 1 aliphatic carbocycles. The van der Waals surface area contributed by atoms with Crippen LogP contribution >= 0.6 is 0 Å². The van der Waals surface area contributed by atoms with Crippen LogP contribution in [0, 0.1) is 5.92 Å². The molecule has 1 nitrogen and oxygen atoms in total. The first-order chi connectivity index (χ1) is 5.92. The Morgan fingerprint density at radius 2 is 1.62 bits per heavy atom. The SMILES string of the molecule is NC(C(F)F)C1CCC(F)(F)CC1. The molecule has 0 heterocycles. The fourth-order valence-corrected chi connectivity index (χ4v) is 1.65. The fourth-order valence-electron chi connectivity index (χ4n) is 1.65. The lowest BCUT2D eigenvalue weighted by atomic mass is 9.82. The molecule has 5 heteroatoms. The molecule has 0 saturated heterocycles. The van der Waals surface area contributed by atoms with Crippen molar-refractivity contribution < 1.29 is 17.6 Å². The van der Waals surface area contributed by atoms with Gasteiger partial charge in [0.05, 0.1) is 6.04 Å². The van der Waals surface area contributed by atoms with Crippen LogP contribution in [-0.2, 0) is 0 Å². The number of hydrogen-bond donors (Lipinski definition) is 1. The summed E-state index contributed by atoms with van der Waals surface area (Å²) in [4.78, 5) is 0. The van der Waals surface area contributed by atoms with Gasteiger partial charge in [0.25, 0.3) is 6.43 Å². The molecule has 0 aromatic carbocycles. The average molecular weight is 199 g/mol. The van der Waals surface area contributed by atoms with Crippen LogP contribution in [0.25, 0.3) is 0 Å². The Hall–Kier alpha value is -0.320. The standard InChI is InChI=1S/C8H13F4N/c9-7(10)6(13)5-1-3-8(11,12)4-2-5/h5-7H,1-4,13H2. The summed E-state index contributed by atoms with van der Waals surface area (Å²) in [5, 5.41) is 0. The number of alkyl halides is 4. The zero-order valence-corrected chi connectivity index (χ0v) is 7.15. The van der Waals surface area contributed by atoms with Crippen LogP contribution in [0.2, 0.25) is 0 Å². The van der Waals surface area contributed by atoms with Gasteiger partial charge in [0.1, 0.15) is 0 Å². The third kappa shape index (κ3) is 2.83. The second-order valence-electron chi connectivity index (χ2n) is 3.61. The van der Waals surface area contributed by atoms with Gasteiger partial charge < -0.3 is 5.73 Å². The summed E-state index contributed by atoms with van der Waals surface area (Å²) in [5.41, 5.74) is 5.18. The minimum Gasteiger partial charge on any atom is -0.323 e. The van der Waals surface area contributed by atoms with E-state index in [-0.39, 0.29) is 25.7 Å². The molecular formula is C8H13F4N. The van der Waals surface area contributed by atoms with Gasteiger partial charge in [-0.3, -0.25) is 0 Å². The van der Waals surface area contributed by atoms with E-state index in [0.717, 1.165) is 0 Å². The van der Waals surface area contributed by atoms with Gasteiger partial charge in [-0.1, -0.05) is 0 Å². The van der Waals surface area contributed by atoms with Gasteiger partial charge in [0.15, 0.2) is 0 Å². The molecule has 0 aromatic heterocycles. The Bertz CT molecular complexity index is 162. The van der Waals surface area contributed by atoms with Crippen molar-refractivity contribution in [3.05, 3.63) is 0 Å². The molecule has 1 atom stereocenters. The summed E-state index contributed by atoms with van der Waals surface area (Å²) >= 11 is 0. The van der Waals surface area contributed by atoms with Gasteiger partial charge in [-0.25, -0.2) is 17.6 Å². The first-order valence-electron chi connectivity index (χ1n) is 4.34. The van der Waals surface area contributed by atoms with E-state index in [1.165, 1.54) is 0 Å². The van der Waals surface area contributed by atoms with Crippen molar-refractivity contribution in [1.29, 1.82) is 0 Å². The predicted octanol–water partition coefficient (Wildman–Crippen LogP) is 2.40. The molecule has 1 rings (SSSR count). The highest BCUT2D eigenvalue weighted by Crippen LogP contribution is 2.37. The van der Waals surface area contributed by atoms with E-state index >= 15 is 0 Å². The monoisotopic (exact) mass is 199 g/mol. The third-order valence-corrected chi connectivity index (χ3v) is 2.60. The van der Waals surface area contributed by atoms with Crippen molar-refractivity contribution in [3.8, 4) is 0 Å². The smallest absolute Gasteiger partial charge is 0.253 e. The molecule has 0 radical (unpaired) electrons. The Kier molecular flexibility index (Phi) is 3.16. The predicted molar refractivity (Wildman–Crippen MR) is 40.9 cm³/mol. The summed E-state index contributed by atoms with van der Waals surface area (Å²) in [6.07, 6.45) is -3.00. The van der Waals surface area contributed by atoms with E-state index in [1.807, 2.05) is 0 Å². The van der Waals surface area contributed by atoms with E-state index in [1.54, 1.807) is 0 Å². The van der Waals surface area contributed by atoms with Crippen LogP contribution in [0.15, 0.2) is 0 Å². The third-order valence-electron chi connectivity index (χ3n) is 2.60. The fraction of sp³-hybridized carbons (Fsp3) is 1.00. The van der Waals surface area contributed by atoms with Gasteiger partial charge in [0, 0.05) is 12.8 Å². The van der Waals surface area contributed by atoms with Crippen molar-refractivity contribution in [2.24, 2.45) is 11.7 Å². The van der Waals surface area contributed by atoms with Crippen molar-refractivity contribution in [3.63, 3.8) is 0 Å². The molecule has 0 aliphatic heterocycles. The molecule has 1 unspecified atom stereocenters. The van der Waals surface area contributed by atoms with Crippen molar-refractivity contribution in [2.75, 3.05) is 0 Å². The summed E-state index contributed by atoms with van der Waals surface area (Å²) < 4.78 is 49.4. The number of hydrogen-bond acceptors (Lipinski definition) is 1. The molecule has 1 saturated carbocycles. The quantitative estimate of drug-likeness (QED) is 0.679. The topological polar surface area (TPSA) is 26.0 Å². The first-order valence-corrected chi connectivity index (χ1v) is 4.34. The highest BCUT2D eigenvalue weighted by Gasteiger charge is 2.38. The van der Waals surface area contributed by atoms with Crippen molar-refractivity contribution in [1.82, 2.24) is 0 Å². The lowest BCUT2D eigenvalue weighted by molar-refractivity contribution is -0.0558. The van der Waals surface area contributed by atoms with E-state index < -0.39 is 24.3 Å². The van der Waals surface area contributed by atoms with E-state index in [0.29, 0.717) is 0 Å². The van der Waals surface area contributed by atoms with E-state index in [4.69, 9.17) is 5.73 Å². The molecule has 0 aromatic rings. The van der Waals surface area contributed by atoms with Crippen LogP contribution in [0.3, 0.4) is 0 Å². The Balaban J connectivity index is 2.41. The molecule has 13 heavy (non-hydrogen) atoms. The normalized spacial score (nSPS) is 26.3. The highest BCUT2D eigenvalue weighted by molar-refractivity contribution is 4.84. The molecular weight excluding hydrogens is 186 g/mol. The minimum atomic E-state index is -2.67. The molecule has 0 spiro atoms. The molecule has 0 amide bonds. The second-order valence-corrected chi connectivity index (χ2v) is 3.61. The van der Waals surface area contributed by atoms with E-state index in [2.05, 4.69) is 0 Å². The van der Waals surface area contributed by atoms with Crippen LogP contribution in [0.1, 0.15) is 25.7 Å². The van der Waals surface area contributed by atoms with Crippen molar-refractivity contribution in [2.45, 2.75) is 44.1 Å².